The van der Waals surface area contributed by atoms with Crippen molar-refractivity contribution in [1.82, 2.24) is 4.98 Å². The highest BCUT2D eigenvalue weighted by atomic mass is 35.5. The first-order valence-electron chi connectivity index (χ1n) is 6.66. The summed E-state index contributed by atoms with van der Waals surface area (Å²) in [7, 11) is 0. The van der Waals surface area contributed by atoms with Crippen LogP contribution in [0, 0.1) is 0 Å². The van der Waals surface area contributed by atoms with E-state index in [1.165, 1.54) is 11.8 Å². The summed E-state index contributed by atoms with van der Waals surface area (Å²) >= 11 is 7.04. The van der Waals surface area contributed by atoms with Crippen molar-refractivity contribution in [3.05, 3.63) is 17.3 Å². The predicted octanol–water partition coefficient (Wildman–Crippen LogP) is 3.74. The second-order valence-electron chi connectivity index (χ2n) is 5.20. The molecule has 122 valence electrons. The average Bonchev–Trinajstić information content (AvgIpc) is 2.35. The number of aromatic nitrogens is 1. The van der Waals surface area contributed by atoms with Crippen LogP contribution in [0.2, 0.25) is 5.15 Å². The van der Waals surface area contributed by atoms with Gasteiger partial charge in [-0.1, -0.05) is 11.6 Å². The first kappa shape index (κ1) is 18.6. The van der Waals surface area contributed by atoms with Crippen LogP contribution in [0.25, 0.3) is 0 Å². The summed E-state index contributed by atoms with van der Waals surface area (Å²) in [6, 6.07) is 3.25. The molecular weight excluding hydrogens is 328 g/mol. The molecule has 0 bridgehead atoms. The summed E-state index contributed by atoms with van der Waals surface area (Å²) in [5, 5.41) is 2.76. The van der Waals surface area contributed by atoms with Gasteiger partial charge in [0.05, 0.1) is 17.3 Å². The highest BCUT2D eigenvalue weighted by Gasteiger charge is 2.18. The molecule has 8 heteroatoms. The van der Waals surface area contributed by atoms with Crippen molar-refractivity contribution < 1.29 is 19.1 Å². The molecule has 1 amide bonds. The Kier molecular flexibility index (Phi) is 6.96. The maximum Gasteiger partial charge on any atom is 0.413 e. The van der Waals surface area contributed by atoms with Gasteiger partial charge in [0.2, 0.25) is 0 Å². The van der Waals surface area contributed by atoms with E-state index in [1.807, 2.05) is 0 Å². The minimum absolute atomic E-state index is 0.111. The number of hydrogen-bond donors (Lipinski definition) is 1. The van der Waals surface area contributed by atoms with Gasteiger partial charge in [0.1, 0.15) is 10.8 Å². The van der Waals surface area contributed by atoms with Crippen LogP contribution >= 0.6 is 23.4 Å². The lowest BCUT2D eigenvalue weighted by molar-refractivity contribution is -0.139. The Hall–Kier alpha value is -1.47. The zero-order valence-corrected chi connectivity index (χ0v) is 14.5. The fraction of sp³-hybridized carbons (Fsp3) is 0.500. The summed E-state index contributed by atoms with van der Waals surface area (Å²) in [6.07, 6.45) is -0.639. The standard InChI is InChI=1S/C14H19ClN2O4S/c1-5-20-11(18)8-22-9-6-7-10(15)16-12(9)17-13(19)21-14(2,3)4/h6-7H,5,8H2,1-4H3,(H,16,17,19). The van der Waals surface area contributed by atoms with Crippen molar-refractivity contribution in [2.75, 3.05) is 17.7 Å². The number of thioether (sulfide) groups is 1. The van der Waals surface area contributed by atoms with Gasteiger partial charge < -0.3 is 9.47 Å². The lowest BCUT2D eigenvalue weighted by Gasteiger charge is -2.20. The second-order valence-corrected chi connectivity index (χ2v) is 6.61. The van der Waals surface area contributed by atoms with Crippen LogP contribution in [0.15, 0.2) is 17.0 Å². The van der Waals surface area contributed by atoms with E-state index in [0.29, 0.717) is 11.5 Å². The summed E-state index contributed by atoms with van der Waals surface area (Å²) in [6.45, 7) is 7.33. The highest BCUT2D eigenvalue weighted by molar-refractivity contribution is 8.00. The quantitative estimate of drug-likeness (QED) is 0.497. The summed E-state index contributed by atoms with van der Waals surface area (Å²) in [5.74, 6) is 0.0156. The number of carbonyl (C=O) groups excluding carboxylic acids is 2. The van der Waals surface area contributed by atoms with E-state index in [1.54, 1.807) is 39.8 Å². The Morgan fingerprint density at radius 3 is 2.64 bits per heavy atom. The van der Waals surface area contributed by atoms with Crippen molar-refractivity contribution in [2.24, 2.45) is 0 Å². The summed E-state index contributed by atoms with van der Waals surface area (Å²) in [5.41, 5.74) is -0.624. The first-order valence-corrected chi connectivity index (χ1v) is 8.02. The van der Waals surface area contributed by atoms with E-state index in [9.17, 15) is 9.59 Å². The number of nitrogens with zero attached hydrogens (tertiary/aromatic N) is 1. The molecule has 0 unspecified atom stereocenters. The van der Waals surface area contributed by atoms with Gasteiger partial charge in [-0.25, -0.2) is 9.78 Å². The van der Waals surface area contributed by atoms with Gasteiger partial charge in [-0.3, -0.25) is 10.1 Å². The van der Waals surface area contributed by atoms with E-state index in [0.717, 1.165) is 0 Å². The van der Waals surface area contributed by atoms with Gasteiger partial charge in [-0.15, -0.1) is 11.8 Å². The molecule has 1 heterocycles. The van der Waals surface area contributed by atoms with Crippen LogP contribution in [0.4, 0.5) is 10.6 Å². The van der Waals surface area contributed by atoms with E-state index in [-0.39, 0.29) is 22.7 Å². The average molecular weight is 347 g/mol. The van der Waals surface area contributed by atoms with Crippen molar-refractivity contribution >= 4 is 41.2 Å². The summed E-state index contributed by atoms with van der Waals surface area (Å²) in [4.78, 5) is 27.9. The molecule has 0 aliphatic carbocycles. The predicted molar refractivity (Wildman–Crippen MR) is 86.5 cm³/mol. The Bertz CT molecular complexity index is 546. The van der Waals surface area contributed by atoms with E-state index in [2.05, 4.69) is 10.3 Å². The fourth-order valence-electron chi connectivity index (χ4n) is 1.37. The number of hydrogen-bond acceptors (Lipinski definition) is 6. The molecule has 6 nitrogen and oxygen atoms in total. The number of amides is 1. The van der Waals surface area contributed by atoms with E-state index < -0.39 is 11.7 Å². The molecular formula is C14H19ClN2O4S. The van der Waals surface area contributed by atoms with Crippen LogP contribution < -0.4 is 5.32 Å². The van der Waals surface area contributed by atoms with Crippen LogP contribution in [0.3, 0.4) is 0 Å². The first-order chi connectivity index (χ1) is 10.2. The zero-order chi connectivity index (χ0) is 16.8. The third-order valence-corrected chi connectivity index (χ3v) is 3.33. The lowest BCUT2D eigenvalue weighted by atomic mass is 10.2. The van der Waals surface area contributed by atoms with Crippen LogP contribution in [0.5, 0.6) is 0 Å². The molecule has 0 radical (unpaired) electrons. The molecule has 0 aliphatic rings. The lowest BCUT2D eigenvalue weighted by Crippen LogP contribution is -2.27. The Balaban J connectivity index is 2.78. The largest absolute Gasteiger partial charge is 0.465 e. The number of carbonyl (C=O) groups is 2. The van der Waals surface area contributed by atoms with Crippen LogP contribution in [-0.4, -0.2) is 35.0 Å². The second kappa shape index (κ2) is 8.24. The minimum atomic E-state index is -0.639. The van der Waals surface area contributed by atoms with E-state index >= 15 is 0 Å². The Labute approximate surface area is 138 Å². The van der Waals surface area contributed by atoms with Gasteiger partial charge in [-0.05, 0) is 39.8 Å². The molecule has 0 atom stereocenters. The number of nitrogens with one attached hydrogen (secondary N) is 1. The normalized spacial score (nSPS) is 11.0. The highest BCUT2D eigenvalue weighted by Crippen LogP contribution is 2.27. The third kappa shape index (κ3) is 7.00. The molecule has 0 aromatic carbocycles. The molecule has 1 rings (SSSR count). The van der Waals surface area contributed by atoms with Gasteiger partial charge >= 0.3 is 12.1 Å². The summed E-state index contributed by atoms with van der Waals surface area (Å²) < 4.78 is 10.0. The van der Waals surface area contributed by atoms with Crippen molar-refractivity contribution in [3.8, 4) is 0 Å². The molecule has 0 saturated carbocycles. The minimum Gasteiger partial charge on any atom is -0.465 e. The number of ether oxygens (including phenoxy) is 2. The number of pyridine rings is 1. The topological polar surface area (TPSA) is 77.5 Å². The van der Waals surface area contributed by atoms with Crippen molar-refractivity contribution in [2.45, 2.75) is 38.2 Å². The van der Waals surface area contributed by atoms with Crippen LogP contribution in [-0.2, 0) is 14.3 Å². The van der Waals surface area contributed by atoms with Gasteiger partial charge in [0.25, 0.3) is 0 Å². The molecule has 0 spiro atoms. The SMILES string of the molecule is CCOC(=O)CSc1ccc(Cl)nc1NC(=O)OC(C)(C)C. The fourth-order valence-corrected chi connectivity index (χ4v) is 2.27. The molecule has 1 N–H and O–H groups in total. The maximum absolute atomic E-state index is 11.8. The molecule has 1 aromatic heterocycles. The Morgan fingerprint density at radius 2 is 2.05 bits per heavy atom. The molecule has 0 fully saturated rings. The smallest absolute Gasteiger partial charge is 0.413 e. The maximum atomic E-state index is 11.8. The third-order valence-electron chi connectivity index (χ3n) is 2.09. The van der Waals surface area contributed by atoms with Crippen molar-refractivity contribution in [1.29, 1.82) is 0 Å². The van der Waals surface area contributed by atoms with E-state index in [4.69, 9.17) is 21.1 Å². The number of halogens is 1. The monoisotopic (exact) mass is 346 g/mol. The Morgan fingerprint density at radius 1 is 1.36 bits per heavy atom. The molecule has 1 aromatic rings. The number of anilines is 1. The zero-order valence-electron chi connectivity index (χ0n) is 12.9. The van der Waals surface area contributed by atoms with Crippen LogP contribution in [0.1, 0.15) is 27.7 Å². The number of esters is 1. The van der Waals surface area contributed by atoms with Gasteiger partial charge in [0.15, 0.2) is 5.82 Å². The molecule has 0 aliphatic heterocycles. The van der Waals surface area contributed by atoms with Gasteiger partial charge in [-0.2, -0.15) is 0 Å². The molecule has 0 saturated heterocycles. The van der Waals surface area contributed by atoms with Crippen molar-refractivity contribution in [3.63, 3.8) is 0 Å². The van der Waals surface area contributed by atoms with Gasteiger partial charge in [0, 0.05) is 0 Å². The molecule has 22 heavy (non-hydrogen) atoms. The number of rotatable bonds is 5.